The lowest BCUT2D eigenvalue weighted by Crippen LogP contribution is -2.60. The van der Waals surface area contributed by atoms with Crippen molar-refractivity contribution in [1.29, 1.82) is 0 Å². The number of halogens is 2. The van der Waals surface area contributed by atoms with E-state index in [0.717, 1.165) is 64.2 Å². The number of ether oxygens (including phenoxy) is 2. The van der Waals surface area contributed by atoms with Gasteiger partial charge in [-0.05, 0) is 108 Å². The molecule has 388 valence electrons. The Labute approximate surface area is 420 Å². The molecule has 0 aromatic rings. The number of carbonyl (C=O) groups excluding carboxylic acids is 6. The maximum Gasteiger partial charge on any atom is 0.246 e. The average Bonchev–Trinajstić information content (AvgIpc) is 3.80. The predicted octanol–water partition coefficient (Wildman–Crippen LogP) is 3.77. The third-order valence-corrected chi connectivity index (χ3v) is 13.5. The minimum Gasteiger partial charge on any atom is -0.367 e. The van der Waals surface area contributed by atoms with Crippen LogP contribution < -0.4 is 37.2 Å². The van der Waals surface area contributed by atoms with Crippen LogP contribution in [-0.4, -0.2) is 136 Å². The van der Waals surface area contributed by atoms with Gasteiger partial charge in [0, 0.05) is 6.54 Å². The molecule has 68 heavy (non-hydrogen) atoms. The van der Waals surface area contributed by atoms with Crippen molar-refractivity contribution in [2.24, 2.45) is 23.2 Å². The van der Waals surface area contributed by atoms with Gasteiger partial charge < -0.3 is 51.6 Å². The lowest BCUT2D eigenvalue weighted by atomic mass is 9.83. The highest BCUT2D eigenvalue weighted by Gasteiger charge is 2.43. The SMILES string of the molecule is CC[C@@H](NC)C(=O)N[C@@H](C(=O)N[C@H](C)C(=O)N[C@H](COCC#CC#CCOCC(NC(=O)C1CCCN1C(=O)[C@@H](NC(=O)[C@H](C)NC)C(C)(C)C)C1CCCCC1)C(C)C)C1CCCCC1.Cl.Cl. The fourth-order valence-electron chi connectivity index (χ4n) is 8.98. The van der Waals surface area contributed by atoms with E-state index in [2.05, 4.69) is 60.9 Å². The van der Waals surface area contributed by atoms with Gasteiger partial charge in [0.2, 0.25) is 35.4 Å². The van der Waals surface area contributed by atoms with E-state index in [4.69, 9.17) is 9.47 Å². The number of rotatable bonds is 23. The zero-order chi connectivity index (χ0) is 48.8. The first-order valence-corrected chi connectivity index (χ1v) is 24.7. The second-order valence-corrected chi connectivity index (χ2v) is 19.9. The van der Waals surface area contributed by atoms with Crippen molar-refractivity contribution in [3.8, 4) is 23.7 Å². The Hall–Kier alpha value is -3.64. The number of hydrogen-bond acceptors (Lipinski definition) is 10. The summed E-state index contributed by atoms with van der Waals surface area (Å²) in [4.78, 5) is 82.1. The zero-order valence-electron chi connectivity index (χ0n) is 42.6. The maximum absolute atomic E-state index is 14.0. The number of nitrogens with one attached hydrogen (secondary N) is 7. The van der Waals surface area contributed by atoms with E-state index in [-0.39, 0.29) is 117 Å². The molecular weight excluding hydrogens is 912 g/mol. The van der Waals surface area contributed by atoms with Gasteiger partial charge >= 0.3 is 0 Å². The van der Waals surface area contributed by atoms with E-state index in [1.54, 1.807) is 32.8 Å². The van der Waals surface area contributed by atoms with Crippen LogP contribution in [0.2, 0.25) is 0 Å². The summed E-state index contributed by atoms with van der Waals surface area (Å²) in [5.41, 5.74) is -0.564. The molecule has 1 saturated heterocycles. The van der Waals surface area contributed by atoms with E-state index in [1.807, 2.05) is 41.5 Å². The molecule has 6 amide bonds. The first-order chi connectivity index (χ1) is 31.4. The molecule has 1 heterocycles. The van der Waals surface area contributed by atoms with Crippen LogP contribution in [0.5, 0.6) is 0 Å². The van der Waals surface area contributed by atoms with Crippen molar-refractivity contribution < 1.29 is 38.2 Å². The molecular formula is C50H86Cl2N8O8. The Morgan fingerprint density at radius 3 is 1.72 bits per heavy atom. The number of hydrogen-bond donors (Lipinski definition) is 7. The van der Waals surface area contributed by atoms with Gasteiger partial charge in [-0.25, -0.2) is 0 Å². The van der Waals surface area contributed by atoms with Gasteiger partial charge in [-0.3, -0.25) is 28.8 Å². The van der Waals surface area contributed by atoms with Crippen molar-refractivity contribution in [3.05, 3.63) is 0 Å². The topological polar surface area (TPSA) is 208 Å². The van der Waals surface area contributed by atoms with E-state index in [0.29, 0.717) is 25.8 Å². The summed E-state index contributed by atoms with van der Waals surface area (Å²) >= 11 is 0. The molecule has 2 saturated carbocycles. The molecule has 3 fully saturated rings. The molecule has 18 heteroatoms. The van der Waals surface area contributed by atoms with E-state index < -0.39 is 41.7 Å². The summed E-state index contributed by atoms with van der Waals surface area (Å²) in [6.45, 7) is 16.1. The van der Waals surface area contributed by atoms with Gasteiger partial charge in [-0.1, -0.05) is 91.9 Å². The van der Waals surface area contributed by atoms with Crippen LogP contribution in [-0.2, 0) is 38.2 Å². The maximum atomic E-state index is 14.0. The second-order valence-electron chi connectivity index (χ2n) is 19.9. The van der Waals surface area contributed by atoms with Gasteiger partial charge in [0.25, 0.3) is 0 Å². The molecule has 2 aliphatic carbocycles. The van der Waals surface area contributed by atoms with E-state index in [9.17, 15) is 28.8 Å². The molecule has 2 unspecified atom stereocenters. The number of likely N-dealkylation sites (tertiary alicyclic amines) is 1. The number of amides is 6. The van der Waals surface area contributed by atoms with E-state index >= 15 is 0 Å². The van der Waals surface area contributed by atoms with Crippen LogP contribution in [0.1, 0.15) is 139 Å². The van der Waals surface area contributed by atoms with Crippen molar-refractivity contribution >= 4 is 60.3 Å². The molecule has 0 radical (unpaired) electrons. The van der Waals surface area contributed by atoms with Crippen LogP contribution in [0.15, 0.2) is 0 Å². The van der Waals surface area contributed by atoms with Crippen LogP contribution in [0.25, 0.3) is 0 Å². The van der Waals surface area contributed by atoms with Gasteiger partial charge in [0.15, 0.2) is 0 Å². The van der Waals surface area contributed by atoms with Gasteiger partial charge in [0.05, 0.1) is 37.4 Å². The number of likely N-dealkylation sites (N-methyl/N-ethyl adjacent to an activating group) is 2. The highest BCUT2D eigenvalue weighted by Crippen LogP contribution is 2.30. The standard InChI is InChI=1S/C50H84N8O8.2ClH/c1-11-38(52-10)46(61)56-42(37-25-18-15-19-26-37)48(63)53-35(5)45(60)54-39(33(2)3)31-65-29-20-12-13-21-30-66-32-40(36-23-16-14-17-24-36)55-47(62)41-27-22-28-58(41)49(64)43(50(6,7)8)57-44(59)34(4)51-9;;/h33-43,51-52H,11,14-19,22-32H2,1-10H3,(H,53,63)(H,54,60)(H,55,62)(H,56,61)(H,57,59);2*1H/t34-,35+,38+,39+,40?,41?,42+,43+;;/m0../s1. The monoisotopic (exact) mass is 997 g/mol. The van der Waals surface area contributed by atoms with Crippen LogP contribution in [0.4, 0.5) is 0 Å². The molecule has 3 aliphatic rings. The Bertz CT molecular complexity index is 1710. The summed E-state index contributed by atoms with van der Waals surface area (Å²) in [5, 5.41) is 20.9. The average molecular weight is 998 g/mol. The van der Waals surface area contributed by atoms with Crippen molar-refractivity contribution in [3.63, 3.8) is 0 Å². The Kier molecular flexibility index (Phi) is 29.6. The largest absolute Gasteiger partial charge is 0.367 e. The summed E-state index contributed by atoms with van der Waals surface area (Å²) in [6, 6.07) is -4.39. The first-order valence-electron chi connectivity index (χ1n) is 24.7. The van der Waals surface area contributed by atoms with E-state index in [1.165, 1.54) is 0 Å². The van der Waals surface area contributed by atoms with Crippen LogP contribution in [0.3, 0.4) is 0 Å². The number of nitrogens with zero attached hydrogens (tertiary/aromatic N) is 1. The highest BCUT2D eigenvalue weighted by molar-refractivity contribution is 5.94. The highest BCUT2D eigenvalue weighted by atomic mass is 35.5. The molecule has 8 atom stereocenters. The van der Waals surface area contributed by atoms with Gasteiger partial charge in [0.1, 0.15) is 37.4 Å². The van der Waals surface area contributed by atoms with Gasteiger partial charge in [-0.15, -0.1) is 24.8 Å². The first kappa shape index (κ1) is 62.4. The quantitative estimate of drug-likeness (QED) is 0.0583. The smallest absolute Gasteiger partial charge is 0.246 e. The molecule has 0 spiro atoms. The minimum atomic E-state index is -0.825. The number of carbonyl (C=O) groups is 6. The fraction of sp³-hybridized carbons (Fsp3) is 0.800. The summed E-state index contributed by atoms with van der Waals surface area (Å²) in [6.07, 6.45) is 11.9. The lowest BCUT2D eigenvalue weighted by Gasteiger charge is -2.37. The molecule has 7 N–H and O–H groups in total. The molecule has 0 bridgehead atoms. The summed E-state index contributed by atoms with van der Waals surface area (Å²) < 4.78 is 11.8. The third-order valence-electron chi connectivity index (χ3n) is 13.5. The predicted molar refractivity (Wildman–Crippen MR) is 271 cm³/mol. The van der Waals surface area contributed by atoms with Crippen molar-refractivity contribution in [2.45, 2.75) is 187 Å². The van der Waals surface area contributed by atoms with Crippen LogP contribution >= 0.6 is 24.8 Å². The minimum absolute atomic E-state index is 0. The summed E-state index contributed by atoms with van der Waals surface area (Å²) in [5.74, 6) is 10.1. The second kappa shape index (κ2) is 32.3. The fourth-order valence-corrected chi connectivity index (χ4v) is 8.98. The molecule has 1 aliphatic heterocycles. The Balaban J connectivity index is 0.0000116. The molecule has 0 aromatic carbocycles. The Morgan fingerprint density at radius 1 is 0.632 bits per heavy atom. The lowest BCUT2D eigenvalue weighted by molar-refractivity contribution is -0.144. The van der Waals surface area contributed by atoms with Gasteiger partial charge in [-0.2, -0.15) is 0 Å². The zero-order valence-corrected chi connectivity index (χ0v) is 44.2. The molecule has 0 aromatic heterocycles. The van der Waals surface area contributed by atoms with Crippen molar-refractivity contribution in [1.82, 2.24) is 42.1 Å². The normalized spacial score (nSPS) is 19.6. The summed E-state index contributed by atoms with van der Waals surface area (Å²) in [7, 11) is 3.42. The molecule has 16 nitrogen and oxygen atoms in total. The Morgan fingerprint density at radius 2 is 1.19 bits per heavy atom. The van der Waals surface area contributed by atoms with Crippen LogP contribution in [0, 0.1) is 46.9 Å². The third kappa shape index (κ3) is 20.4. The molecule has 3 rings (SSSR count). The van der Waals surface area contributed by atoms with Crippen molar-refractivity contribution in [2.75, 3.05) is 47.1 Å².